The molecule has 0 saturated heterocycles. The molecule has 2 aliphatic carbocycles. The Morgan fingerprint density at radius 2 is 2.32 bits per heavy atom. The highest BCUT2D eigenvalue weighted by Crippen LogP contribution is 2.44. The van der Waals surface area contributed by atoms with E-state index in [0.717, 1.165) is 11.8 Å². The molecule has 4 nitrogen and oxygen atoms in total. The van der Waals surface area contributed by atoms with Gasteiger partial charge in [-0.3, -0.25) is 0 Å². The van der Waals surface area contributed by atoms with Crippen LogP contribution in [0.15, 0.2) is 18.3 Å². The van der Waals surface area contributed by atoms with Gasteiger partial charge in [-0.1, -0.05) is 6.42 Å². The minimum absolute atomic E-state index is 0.536. The van der Waals surface area contributed by atoms with E-state index < -0.39 is 0 Å². The lowest BCUT2D eigenvalue weighted by molar-refractivity contribution is 0.391. The number of hydrogen-bond donors (Lipinski definition) is 2. The summed E-state index contributed by atoms with van der Waals surface area (Å²) >= 11 is 5.38. The van der Waals surface area contributed by atoms with Crippen molar-refractivity contribution in [3.05, 3.63) is 18.3 Å². The van der Waals surface area contributed by atoms with Crippen LogP contribution in [0, 0.1) is 11.8 Å². The maximum absolute atomic E-state index is 5.38. The van der Waals surface area contributed by atoms with Crippen molar-refractivity contribution in [2.45, 2.75) is 31.7 Å². The van der Waals surface area contributed by atoms with E-state index in [9.17, 15) is 0 Å². The molecule has 2 fully saturated rings. The van der Waals surface area contributed by atoms with Crippen LogP contribution in [-0.2, 0) is 0 Å². The van der Waals surface area contributed by atoms with E-state index in [1.807, 2.05) is 12.1 Å². The van der Waals surface area contributed by atoms with Crippen LogP contribution in [0.1, 0.15) is 25.7 Å². The number of anilines is 1. The number of aromatic nitrogens is 1. The Hall–Kier alpha value is -1.36. The van der Waals surface area contributed by atoms with Gasteiger partial charge in [0.15, 0.2) is 16.7 Å². The highest BCUT2D eigenvalue weighted by molar-refractivity contribution is 7.80. The van der Waals surface area contributed by atoms with E-state index in [0.29, 0.717) is 22.7 Å². The monoisotopic (exact) mass is 277 g/mol. The van der Waals surface area contributed by atoms with Crippen LogP contribution in [-0.4, -0.2) is 23.2 Å². The van der Waals surface area contributed by atoms with Crippen molar-refractivity contribution in [1.29, 1.82) is 0 Å². The summed E-state index contributed by atoms with van der Waals surface area (Å²) in [7, 11) is 1.63. The van der Waals surface area contributed by atoms with E-state index in [2.05, 4.69) is 15.6 Å². The number of nitrogens with zero attached hydrogens (tertiary/aromatic N) is 1. The van der Waals surface area contributed by atoms with Gasteiger partial charge in [-0.15, -0.1) is 0 Å². The highest BCUT2D eigenvalue weighted by atomic mass is 32.1. The van der Waals surface area contributed by atoms with Gasteiger partial charge in [-0.25, -0.2) is 4.98 Å². The van der Waals surface area contributed by atoms with Crippen molar-refractivity contribution in [2.75, 3.05) is 12.4 Å². The molecule has 0 aliphatic heterocycles. The number of rotatable bonds is 3. The Bertz CT molecular complexity index is 480. The van der Waals surface area contributed by atoms with Crippen molar-refractivity contribution >= 4 is 23.1 Å². The van der Waals surface area contributed by atoms with Gasteiger partial charge >= 0.3 is 0 Å². The van der Waals surface area contributed by atoms with Crippen molar-refractivity contribution in [1.82, 2.24) is 10.3 Å². The van der Waals surface area contributed by atoms with Gasteiger partial charge < -0.3 is 15.4 Å². The summed E-state index contributed by atoms with van der Waals surface area (Å²) in [6.07, 6.45) is 7.10. The second kappa shape index (κ2) is 5.33. The molecule has 3 atom stereocenters. The zero-order valence-corrected chi connectivity index (χ0v) is 11.9. The molecular weight excluding hydrogens is 258 g/mol. The molecule has 0 radical (unpaired) electrons. The normalized spacial score (nSPS) is 28.2. The van der Waals surface area contributed by atoms with E-state index in [1.165, 1.54) is 25.7 Å². The molecule has 5 heteroatoms. The Balaban J connectivity index is 1.59. The molecule has 1 aromatic rings. The van der Waals surface area contributed by atoms with E-state index >= 15 is 0 Å². The lowest BCUT2D eigenvalue weighted by atomic mass is 9.96. The zero-order valence-electron chi connectivity index (χ0n) is 11.1. The fourth-order valence-electron chi connectivity index (χ4n) is 3.38. The molecule has 2 aliphatic rings. The molecule has 2 saturated carbocycles. The summed E-state index contributed by atoms with van der Waals surface area (Å²) in [6, 6.07) is 4.25. The third-order valence-corrected chi connectivity index (χ3v) is 4.50. The van der Waals surface area contributed by atoms with Gasteiger partial charge in [0.25, 0.3) is 0 Å². The van der Waals surface area contributed by atoms with Crippen molar-refractivity contribution in [2.24, 2.45) is 11.8 Å². The smallest absolute Gasteiger partial charge is 0.174 e. The van der Waals surface area contributed by atoms with Gasteiger partial charge in [0, 0.05) is 12.2 Å². The quantitative estimate of drug-likeness (QED) is 0.832. The second-order valence-electron chi connectivity index (χ2n) is 5.43. The Morgan fingerprint density at radius 1 is 1.42 bits per heavy atom. The molecule has 1 heterocycles. The van der Waals surface area contributed by atoms with Crippen LogP contribution in [0.3, 0.4) is 0 Å². The Kier molecular flexibility index (Phi) is 3.55. The maximum atomic E-state index is 5.38. The van der Waals surface area contributed by atoms with Crippen LogP contribution in [0.25, 0.3) is 0 Å². The average Bonchev–Trinajstić information content (AvgIpc) is 3.01. The van der Waals surface area contributed by atoms with E-state index in [1.54, 1.807) is 13.3 Å². The number of fused-ring (bicyclic) bond motifs is 2. The third kappa shape index (κ3) is 2.66. The standard InChI is InChI=1S/C14H19N3OS/c1-18-12-3-2-6-15-13(12)17-14(19)16-11-8-9-4-5-10(11)7-9/h2-3,6,9-11H,4-5,7-8H2,1H3,(H2,15,16,17,19)/t9-,10+,11-/m0/s1. The molecule has 2 N–H and O–H groups in total. The summed E-state index contributed by atoms with van der Waals surface area (Å²) in [5, 5.41) is 7.21. The van der Waals surface area contributed by atoms with Gasteiger partial charge in [-0.05, 0) is 55.4 Å². The van der Waals surface area contributed by atoms with E-state index in [-0.39, 0.29) is 0 Å². The summed E-state index contributed by atoms with van der Waals surface area (Å²) in [5.74, 6) is 3.09. The first-order valence-electron chi connectivity index (χ1n) is 6.83. The fraction of sp³-hybridized carbons (Fsp3) is 0.571. The molecule has 0 unspecified atom stereocenters. The number of pyridine rings is 1. The van der Waals surface area contributed by atoms with Gasteiger partial charge in [0.2, 0.25) is 0 Å². The topological polar surface area (TPSA) is 46.2 Å². The van der Waals surface area contributed by atoms with Gasteiger partial charge in [0.1, 0.15) is 0 Å². The predicted octanol–water partition coefficient (Wildman–Crippen LogP) is 2.57. The first kappa shape index (κ1) is 12.7. The number of ether oxygens (including phenoxy) is 1. The summed E-state index contributed by atoms with van der Waals surface area (Å²) in [5.41, 5.74) is 0. The number of nitrogens with one attached hydrogen (secondary N) is 2. The average molecular weight is 277 g/mol. The van der Waals surface area contributed by atoms with Gasteiger partial charge in [-0.2, -0.15) is 0 Å². The molecule has 0 spiro atoms. The Morgan fingerprint density at radius 3 is 3.00 bits per heavy atom. The van der Waals surface area contributed by atoms with E-state index in [4.69, 9.17) is 17.0 Å². The highest BCUT2D eigenvalue weighted by Gasteiger charge is 2.39. The summed E-state index contributed by atoms with van der Waals surface area (Å²) in [6.45, 7) is 0. The minimum Gasteiger partial charge on any atom is -0.493 e. The lowest BCUT2D eigenvalue weighted by Gasteiger charge is -2.24. The minimum atomic E-state index is 0.536. The van der Waals surface area contributed by atoms with Crippen molar-refractivity contribution in [3.8, 4) is 5.75 Å². The molecule has 19 heavy (non-hydrogen) atoms. The molecule has 2 bridgehead atoms. The van der Waals surface area contributed by atoms with Crippen LogP contribution in [0.2, 0.25) is 0 Å². The molecule has 1 aromatic heterocycles. The molecule has 0 aromatic carbocycles. The van der Waals surface area contributed by atoms with Crippen LogP contribution >= 0.6 is 12.2 Å². The van der Waals surface area contributed by atoms with Crippen LogP contribution in [0.4, 0.5) is 5.82 Å². The number of thiocarbonyl (C=S) groups is 1. The maximum Gasteiger partial charge on any atom is 0.174 e. The number of hydrogen-bond acceptors (Lipinski definition) is 3. The molecule has 102 valence electrons. The van der Waals surface area contributed by atoms with Crippen molar-refractivity contribution in [3.63, 3.8) is 0 Å². The zero-order chi connectivity index (χ0) is 13.2. The molecular formula is C14H19N3OS. The first-order chi connectivity index (χ1) is 9.26. The van der Waals surface area contributed by atoms with Crippen LogP contribution < -0.4 is 15.4 Å². The predicted molar refractivity (Wildman–Crippen MR) is 79.4 cm³/mol. The SMILES string of the molecule is COc1cccnc1NC(=S)N[C@H]1C[C@H]2CC[C@@H]1C2. The fourth-order valence-corrected chi connectivity index (χ4v) is 3.63. The second-order valence-corrected chi connectivity index (χ2v) is 5.84. The Labute approximate surface area is 118 Å². The van der Waals surface area contributed by atoms with Crippen molar-refractivity contribution < 1.29 is 4.74 Å². The summed E-state index contributed by atoms with van der Waals surface area (Å²) < 4.78 is 5.25. The van der Waals surface area contributed by atoms with Crippen LogP contribution in [0.5, 0.6) is 5.75 Å². The van der Waals surface area contributed by atoms with Gasteiger partial charge in [0.05, 0.1) is 7.11 Å². The largest absolute Gasteiger partial charge is 0.493 e. The molecule has 3 rings (SSSR count). The first-order valence-corrected chi connectivity index (χ1v) is 7.23. The molecule has 0 amide bonds. The summed E-state index contributed by atoms with van der Waals surface area (Å²) in [4.78, 5) is 4.25. The number of methoxy groups -OCH3 is 1. The third-order valence-electron chi connectivity index (χ3n) is 4.28. The lowest BCUT2D eigenvalue weighted by Crippen LogP contribution is -2.41.